The van der Waals surface area contributed by atoms with E-state index >= 15 is 0 Å². The fraction of sp³-hybridized carbons (Fsp3) is 0.244. The van der Waals surface area contributed by atoms with Gasteiger partial charge in [-0.05, 0) is 61.7 Å². The van der Waals surface area contributed by atoms with E-state index < -0.39 is 66.9 Å². The molecule has 1 unspecified atom stereocenters. The number of hydrogen-bond acceptors (Lipinski definition) is 12. The second kappa shape index (κ2) is 18.1. The van der Waals surface area contributed by atoms with Gasteiger partial charge in [0.25, 0.3) is 0 Å². The molecule has 0 aromatic heterocycles. The van der Waals surface area contributed by atoms with Gasteiger partial charge in [-0.1, -0.05) is 24.3 Å². The summed E-state index contributed by atoms with van der Waals surface area (Å²) in [5.41, 5.74) is 0.758. The minimum absolute atomic E-state index is 0.0293. The van der Waals surface area contributed by atoms with Crippen LogP contribution in [-0.4, -0.2) is 105 Å². The van der Waals surface area contributed by atoms with Crippen LogP contribution in [0, 0.1) is 6.92 Å². The first-order valence-electron chi connectivity index (χ1n) is 17.8. The lowest BCUT2D eigenvalue weighted by atomic mass is 9.89. The maximum Gasteiger partial charge on any atom is 0.336 e. The summed E-state index contributed by atoms with van der Waals surface area (Å²) in [7, 11) is 0. The summed E-state index contributed by atoms with van der Waals surface area (Å²) in [6.45, 7) is 0.261. The van der Waals surface area contributed by atoms with E-state index in [1.807, 2.05) is 0 Å². The zero-order chi connectivity index (χ0) is 43.1. The van der Waals surface area contributed by atoms with Crippen LogP contribution in [0.25, 0.3) is 33.4 Å². The molecular formula is C41H38N2O16. The molecule has 3 aromatic rings. The molecule has 0 fully saturated rings. The number of fused-ring (bicyclic) bond motifs is 2. The van der Waals surface area contributed by atoms with Crippen molar-refractivity contribution in [3.05, 3.63) is 93.6 Å². The topological polar surface area (TPSA) is 279 Å². The molecule has 0 saturated heterocycles. The Balaban J connectivity index is 1.71. The average Bonchev–Trinajstić information content (AvgIpc) is 3.15. The Bertz CT molecular complexity index is 2480. The minimum atomic E-state index is -1.45. The van der Waals surface area contributed by atoms with Crippen molar-refractivity contribution in [2.45, 2.75) is 32.7 Å². The molecule has 2 aliphatic rings. The number of carbonyl (C=O) groups is 6. The first-order chi connectivity index (χ1) is 27.9. The maximum absolute atomic E-state index is 13.2. The van der Waals surface area contributed by atoms with Crippen LogP contribution in [0.4, 0.5) is 11.4 Å². The highest BCUT2D eigenvalue weighted by Gasteiger charge is 2.30. The van der Waals surface area contributed by atoms with E-state index in [9.17, 15) is 64.2 Å². The molecule has 0 radical (unpaired) electrons. The van der Waals surface area contributed by atoms with Crippen molar-refractivity contribution in [1.29, 1.82) is 0 Å². The smallest absolute Gasteiger partial charge is 0.336 e. The third-order valence-electron chi connectivity index (χ3n) is 9.16. The lowest BCUT2D eigenvalue weighted by molar-refractivity contribution is -0.139. The first kappa shape index (κ1) is 42.5. The van der Waals surface area contributed by atoms with Crippen molar-refractivity contribution in [2.24, 2.45) is 0 Å². The summed E-state index contributed by atoms with van der Waals surface area (Å²) in [4.78, 5) is 86.8. The number of aryl methyl sites for hydroxylation is 2. The molecule has 1 heterocycles. The molecule has 3 aromatic carbocycles. The second-order valence-corrected chi connectivity index (χ2v) is 13.3. The van der Waals surface area contributed by atoms with Crippen LogP contribution in [0.1, 0.15) is 34.8 Å². The summed E-state index contributed by atoms with van der Waals surface area (Å²) < 4.78 is 18.3. The van der Waals surface area contributed by atoms with E-state index in [1.165, 1.54) is 49.4 Å². The molecule has 0 amide bonds. The summed E-state index contributed by atoms with van der Waals surface area (Å²) in [5.74, 6) is -7.84. The Hall–Kier alpha value is -7.63. The van der Waals surface area contributed by atoms with Crippen molar-refractivity contribution in [3.8, 4) is 33.9 Å². The molecule has 1 aliphatic heterocycles. The van der Waals surface area contributed by atoms with Crippen LogP contribution in [0.15, 0.2) is 75.9 Å². The Morgan fingerprint density at radius 2 is 1.34 bits per heavy atom. The number of rotatable bonds is 20. The largest absolute Gasteiger partial charge is 0.488 e. The number of nitrogens with zero attached hydrogens (tertiary/aromatic N) is 2. The third kappa shape index (κ3) is 10.0. The van der Waals surface area contributed by atoms with Crippen molar-refractivity contribution in [2.75, 3.05) is 42.6 Å². The van der Waals surface area contributed by atoms with E-state index in [1.54, 1.807) is 25.1 Å². The lowest BCUT2D eigenvalue weighted by Crippen LogP contribution is -2.42. The van der Waals surface area contributed by atoms with Crippen molar-refractivity contribution in [3.63, 3.8) is 0 Å². The number of aromatic carboxylic acids is 1. The highest BCUT2D eigenvalue weighted by Crippen LogP contribution is 2.45. The van der Waals surface area contributed by atoms with Gasteiger partial charge in [0.1, 0.15) is 61.7 Å². The number of aliphatic carboxylic acids is 5. The maximum atomic E-state index is 13.2. The fourth-order valence-corrected chi connectivity index (χ4v) is 6.50. The molecule has 59 heavy (non-hydrogen) atoms. The Morgan fingerprint density at radius 1 is 0.712 bits per heavy atom. The van der Waals surface area contributed by atoms with E-state index in [4.69, 9.17) is 13.9 Å². The van der Waals surface area contributed by atoms with Gasteiger partial charge in [0.2, 0.25) is 0 Å². The zero-order valence-corrected chi connectivity index (χ0v) is 31.5. The normalized spacial score (nSPS) is 11.5. The number of carboxylic acid groups (broad SMARTS) is 6. The predicted molar refractivity (Wildman–Crippen MR) is 209 cm³/mol. The summed E-state index contributed by atoms with van der Waals surface area (Å²) in [6, 6.07) is 14.4. The molecule has 0 saturated carbocycles. The molecule has 0 bridgehead atoms. The molecule has 308 valence electrons. The molecule has 1 atom stereocenters. The first-order valence-corrected chi connectivity index (χ1v) is 17.8. The van der Waals surface area contributed by atoms with Crippen LogP contribution in [-0.2, 0) is 30.4 Å². The Morgan fingerprint density at radius 3 is 1.93 bits per heavy atom. The molecular weight excluding hydrogens is 776 g/mol. The summed E-state index contributed by atoms with van der Waals surface area (Å²) in [5, 5.41) is 58.4. The zero-order valence-electron chi connectivity index (χ0n) is 31.5. The number of ether oxygens (including phenoxy) is 2. The summed E-state index contributed by atoms with van der Waals surface area (Å²) >= 11 is 0. The summed E-state index contributed by atoms with van der Waals surface area (Å²) in [6.07, 6.45) is -0.530. The van der Waals surface area contributed by atoms with Crippen LogP contribution in [0.5, 0.6) is 11.5 Å². The number of benzene rings is 4. The van der Waals surface area contributed by atoms with Crippen LogP contribution >= 0.6 is 0 Å². The highest BCUT2D eigenvalue weighted by molar-refractivity contribution is 6.08. The minimum Gasteiger partial charge on any atom is -0.488 e. The Labute approximate surface area is 334 Å². The number of carboxylic acids is 6. The molecule has 1 aliphatic carbocycles. The quantitative estimate of drug-likeness (QED) is 0.0469. The van der Waals surface area contributed by atoms with Gasteiger partial charge >= 0.3 is 35.8 Å². The van der Waals surface area contributed by atoms with Gasteiger partial charge in [0, 0.05) is 40.6 Å². The Kier molecular flexibility index (Phi) is 13.0. The van der Waals surface area contributed by atoms with Crippen molar-refractivity contribution < 1.29 is 73.3 Å². The predicted octanol–water partition coefficient (Wildman–Crippen LogP) is 4.39. The molecule has 0 spiro atoms. The fourth-order valence-electron chi connectivity index (χ4n) is 6.50. The molecule has 5 rings (SSSR count). The lowest BCUT2D eigenvalue weighted by Gasteiger charge is -2.29. The third-order valence-corrected chi connectivity index (χ3v) is 9.16. The SMILES string of the molecule is Cc1ccc(N(CC(=O)O)CC(=O)O)c(OCCOc2cc3c(-c4ccccc4C(=O)O)c4cc(CCC(=O)O)c(=O)cc-4oc3cc2N(CC(=O)O)C(C)C(=O)O)c1. The number of hydrogen-bond donors (Lipinski definition) is 6. The van der Waals surface area contributed by atoms with E-state index in [-0.39, 0.29) is 93.5 Å². The highest BCUT2D eigenvalue weighted by atomic mass is 16.5. The van der Waals surface area contributed by atoms with E-state index in [0.717, 1.165) is 15.9 Å². The molecule has 18 nitrogen and oxygen atoms in total. The van der Waals surface area contributed by atoms with Crippen LogP contribution < -0.4 is 24.7 Å². The van der Waals surface area contributed by atoms with Crippen LogP contribution in [0.3, 0.4) is 0 Å². The van der Waals surface area contributed by atoms with E-state index in [0.29, 0.717) is 5.56 Å². The van der Waals surface area contributed by atoms with Gasteiger partial charge < -0.3 is 54.3 Å². The van der Waals surface area contributed by atoms with Crippen LogP contribution in [0.2, 0.25) is 0 Å². The van der Waals surface area contributed by atoms with Gasteiger partial charge in [-0.25, -0.2) is 9.59 Å². The average molecular weight is 815 g/mol. The molecule has 18 heteroatoms. The number of anilines is 2. The van der Waals surface area contributed by atoms with Gasteiger partial charge in [0.15, 0.2) is 5.43 Å². The van der Waals surface area contributed by atoms with E-state index in [2.05, 4.69) is 0 Å². The van der Waals surface area contributed by atoms with Gasteiger partial charge in [-0.2, -0.15) is 0 Å². The van der Waals surface area contributed by atoms with Gasteiger partial charge in [-0.15, -0.1) is 0 Å². The standard InChI is InChI=1S/C41H38N2O16/c1-21-7-9-28(42(18-36(47)48)19-37(49)50)33(13-21)57-11-12-58-34-15-27-31(16-29(34)43(20-38(51)52)22(2)40(53)54)59-32-17-30(44)23(8-10-35(45)46)14-26(32)39(27)24-5-3-4-6-25(24)41(55)56/h3-7,9,13-17,22H,8,10-12,18-20H2,1-2H3,(H,45,46)(H,47,48)(H,49,50)(H,51,52)(H,53,54)(H,55,56). The van der Waals surface area contributed by atoms with Gasteiger partial charge in [-0.3, -0.25) is 24.0 Å². The van der Waals surface area contributed by atoms with Gasteiger partial charge in [0.05, 0.1) is 16.9 Å². The van der Waals surface area contributed by atoms with Crippen molar-refractivity contribution >= 4 is 58.2 Å². The second-order valence-electron chi connectivity index (χ2n) is 13.3. The monoisotopic (exact) mass is 814 g/mol. The van der Waals surface area contributed by atoms with Crippen molar-refractivity contribution in [1.82, 2.24) is 0 Å². The molecule has 6 N–H and O–H groups in total.